The third kappa shape index (κ3) is 2.93. The van der Waals surface area contributed by atoms with Gasteiger partial charge in [0.2, 0.25) is 0 Å². The van der Waals surface area contributed by atoms with E-state index >= 15 is 0 Å². The molecule has 6 nitrogen and oxygen atoms in total. The smallest absolute Gasteiger partial charge is 0.329 e. The Morgan fingerprint density at radius 3 is 3.00 bits per heavy atom. The van der Waals surface area contributed by atoms with Gasteiger partial charge in [0.1, 0.15) is 12.3 Å². The van der Waals surface area contributed by atoms with Crippen molar-refractivity contribution in [3.63, 3.8) is 0 Å². The molecule has 0 unspecified atom stereocenters. The fraction of sp³-hybridized carbons (Fsp3) is 0.182. The lowest BCUT2D eigenvalue weighted by molar-refractivity contribution is -0.142. The molecule has 2 aromatic heterocycles. The van der Waals surface area contributed by atoms with E-state index in [2.05, 4.69) is 20.9 Å². The first kappa shape index (κ1) is 12.7. The molecule has 0 aliphatic carbocycles. The molecule has 0 radical (unpaired) electrons. The number of rotatable bonds is 4. The summed E-state index contributed by atoms with van der Waals surface area (Å²) in [6, 6.07) is 4.77. The number of carboxylic acid groups (broad SMARTS) is 1. The van der Waals surface area contributed by atoms with Gasteiger partial charge in [0.15, 0.2) is 0 Å². The Morgan fingerprint density at radius 1 is 1.50 bits per heavy atom. The van der Waals surface area contributed by atoms with Crippen LogP contribution in [-0.4, -0.2) is 27.1 Å². The second-order valence-electron chi connectivity index (χ2n) is 3.55. The maximum atomic E-state index is 11.8. The van der Waals surface area contributed by atoms with Crippen LogP contribution in [0.5, 0.6) is 0 Å². The van der Waals surface area contributed by atoms with Crippen molar-refractivity contribution >= 4 is 27.5 Å². The molecule has 0 saturated carbocycles. The lowest BCUT2D eigenvalue weighted by Crippen LogP contribution is -2.16. The van der Waals surface area contributed by atoms with E-state index in [0.29, 0.717) is 11.3 Å². The van der Waals surface area contributed by atoms with Gasteiger partial charge in [0.05, 0.1) is 12.3 Å². The highest BCUT2D eigenvalue weighted by molar-refractivity contribution is 9.10. The van der Waals surface area contributed by atoms with Gasteiger partial charge in [0.25, 0.3) is 5.56 Å². The molecule has 0 bridgehead atoms. The summed E-state index contributed by atoms with van der Waals surface area (Å²) in [6.45, 7) is -0.421. The summed E-state index contributed by atoms with van der Waals surface area (Å²) in [6.07, 6.45) is 1.62. The topological polar surface area (TPSA) is 80.9 Å². The minimum absolute atomic E-state index is 0.00585. The van der Waals surface area contributed by atoms with Gasteiger partial charge in [-0.2, -0.15) is 0 Å². The fourth-order valence-electron chi connectivity index (χ4n) is 1.44. The van der Waals surface area contributed by atoms with Crippen LogP contribution >= 0.6 is 15.9 Å². The van der Waals surface area contributed by atoms with Crippen molar-refractivity contribution in [2.75, 3.05) is 6.61 Å². The summed E-state index contributed by atoms with van der Waals surface area (Å²) in [4.78, 5) is 26.3. The van der Waals surface area contributed by atoms with Crippen LogP contribution < -0.4 is 5.56 Å². The Labute approximate surface area is 110 Å². The number of hydrogen-bond acceptors (Lipinski definition) is 4. The molecule has 0 aliphatic heterocycles. The maximum Gasteiger partial charge on any atom is 0.329 e. The molecule has 94 valence electrons. The van der Waals surface area contributed by atoms with Crippen LogP contribution in [0.15, 0.2) is 33.7 Å². The lowest BCUT2D eigenvalue weighted by Gasteiger charge is -2.04. The molecule has 0 aromatic carbocycles. The third-order valence-corrected chi connectivity index (χ3v) is 2.62. The second kappa shape index (κ2) is 5.28. The highest BCUT2D eigenvalue weighted by Gasteiger charge is 2.04. The van der Waals surface area contributed by atoms with Crippen LogP contribution in [-0.2, 0) is 16.1 Å². The predicted octanol–water partition coefficient (Wildman–Crippen LogP) is 1.06. The van der Waals surface area contributed by atoms with Crippen molar-refractivity contribution in [2.24, 2.45) is 0 Å². The zero-order valence-corrected chi connectivity index (χ0v) is 10.8. The van der Waals surface area contributed by atoms with Crippen molar-refractivity contribution in [2.45, 2.75) is 6.61 Å². The van der Waals surface area contributed by atoms with E-state index in [9.17, 15) is 9.59 Å². The summed E-state index contributed by atoms with van der Waals surface area (Å²) in [5, 5.41) is 8.43. The van der Waals surface area contributed by atoms with Crippen molar-refractivity contribution in [1.29, 1.82) is 0 Å². The van der Waals surface area contributed by atoms with Crippen LogP contribution in [0.1, 0.15) is 5.69 Å². The zero-order chi connectivity index (χ0) is 13.1. The summed E-state index contributed by atoms with van der Waals surface area (Å²) < 4.78 is 7.05. The lowest BCUT2D eigenvalue weighted by atomic mass is 10.4. The number of pyridine rings is 1. The van der Waals surface area contributed by atoms with Crippen LogP contribution in [0.25, 0.3) is 5.65 Å². The Kier molecular flexibility index (Phi) is 3.73. The molecule has 0 aliphatic rings. The van der Waals surface area contributed by atoms with Crippen molar-refractivity contribution < 1.29 is 14.6 Å². The maximum absolute atomic E-state index is 11.8. The molecule has 2 rings (SSSR count). The third-order valence-electron chi connectivity index (χ3n) is 2.15. The Bertz CT molecular complexity index is 653. The molecule has 18 heavy (non-hydrogen) atoms. The van der Waals surface area contributed by atoms with E-state index in [1.807, 2.05) is 0 Å². The molecular formula is C11H9BrN2O4. The molecule has 0 atom stereocenters. The van der Waals surface area contributed by atoms with Gasteiger partial charge in [-0.25, -0.2) is 9.78 Å². The molecular weight excluding hydrogens is 304 g/mol. The van der Waals surface area contributed by atoms with Crippen LogP contribution in [0.2, 0.25) is 0 Å². The first-order valence-electron chi connectivity index (χ1n) is 5.03. The summed E-state index contributed by atoms with van der Waals surface area (Å²) in [5.74, 6) is -1.06. The SMILES string of the molecule is O=C(O)COCc1cc(=O)n2cc(Br)ccc2n1. The molecule has 7 heteroatoms. The molecule has 0 fully saturated rings. The highest BCUT2D eigenvalue weighted by Crippen LogP contribution is 2.09. The first-order valence-corrected chi connectivity index (χ1v) is 5.83. The normalized spacial score (nSPS) is 10.7. The van der Waals surface area contributed by atoms with Crippen molar-refractivity contribution in [3.8, 4) is 0 Å². The summed E-state index contributed by atoms with van der Waals surface area (Å²) in [7, 11) is 0. The van der Waals surface area contributed by atoms with E-state index in [1.165, 1.54) is 10.5 Å². The van der Waals surface area contributed by atoms with Gasteiger partial charge >= 0.3 is 5.97 Å². The average molecular weight is 313 g/mol. The van der Waals surface area contributed by atoms with Gasteiger partial charge in [-0.15, -0.1) is 0 Å². The molecule has 0 amide bonds. The first-order chi connectivity index (χ1) is 8.56. The number of carboxylic acids is 1. The number of aliphatic carboxylic acids is 1. The number of nitrogens with zero attached hydrogens (tertiary/aromatic N) is 2. The molecule has 2 aromatic rings. The summed E-state index contributed by atoms with van der Waals surface area (Å²) in [5.41, 5.74) is 0.651. The van der Waals surface area contributed by atoms with E-state index in [0.717, 1.165) is 4.47 Å². The Morgan fingerprint density at radius 2 is 2.28 bits per heavy atom. The quantitative estimate of drug-likeness (QED) is 0.913. The molecule has 0 spiro atoms. The van der Waals surface area contributed by atoms with E-state index in [-0.39, 0.29) is 12.2 Å². The minimum atomic E-state index is -1.06. The van der Waals surface area contributed by atoms with Gasteiger partial charge in [-0.1, -0.05) is 0 Å². The average Bonchev–Trinajstić information content (AvgIpc) is 2.30. The van der Waals surface area contributed by atoms with E-state index < -0.39 is 12.6 Å². The van der Waals surface area contributed by atoms with Gasteiger partial charge < -0.3 is 9.84 Å². The number of fused-ring (bicyclic) bond motifs is 1. The fourth-order valence-corrected chi connectivity index (χ4v) is 1.78. The van der Waals surface area contributed by atoms with Crippen LogP contribution in [0, 0.1) is 0 Å². The standard InChI is InChI=1S/C11H9BrN2O4/c12-7-1-2-9-13-8(5-18-6-11(16)17)3-10(15)14(9)4-7/h1-4H,5-6H2,(H,16,17). The predicted molar refractivity (Wildman–Crippen MR) is 66.5 cm³/mol. The molecule has 2 heterocycles. The van der Waals surface area contributed by atoms with E-state index in [1.54, 1.807) is 18.3 Å². The molecule has 1 N–H and O–H groups in total. The van der Waals surface area contributed by atoms with Crippen molar-refractivity contribution in [1.82, 2.24) is 9.38 Å². The molecule has 0 saturated heterocycles. The second-order valence-corrected chi connectivity index (χ2v) is 4.46. The summed E-state index contributed by atoms with van der Waals surface area (Å²) >= 11 is 3.27. The Balaban J connectivity index is 2.29. The number of carbonyl (C=O) groups is 1. The Hall–Kier alpha value is -1.73. The van der Waals surface area contributed by atoms with Gasteiger partial charge in [-0.05, 0) is 28.1 Å². The van der Waals surface area contributed by atoms with Crippen LogP contribution in [0.3, 0.4) is 0 Å². The number of hydrogen-bond donors (Lipinski definition) is 1. The van der Waals surface area contributed by atoms with Crippen molar-refractivity contribution in [3.05, 3.63) is 44.9 Å². The van der Waals surface area contributed by atoms with Crippen LogP contribution in [0.4, 0.5) is 0 Å². The largest absolute Gasteiger partial charge is 0.480 e. The zero-order valence-electron chi connectivity index (χ0n) is 9.17. The monoisotopic (exact) mass is 312 g/mol. The number of halogens is 1. The van der Waals surface area contributed by atoms with E-state index in [4.69, 9.17) is 9.84 Å². The highest BCUT2D eigenvalue weighted by atomic mass is 79.9. The van der Waals surface area contributed by atoms with Gasteiger partial charge in [0, 0.05) is 16.7 Å². The number of ether oxygens (including phenoxy) is 1. The number of aromatic nitrogens is 2. The minimum Gasteiger partial charge on any atom is -0.480 e. The van der Waals surface area contributed by atoms with Gasteiger partial charge in [-0.3, -0.25) is 9.20 Å².